The Morgan fingerprint density at radius 1 is 1.04 bits per heavy atom. The highest BCUT2D eigenvalue weighted by molar-refractivity contribution is 5.99. The van der Waals surface area contributed by atoms with E-state index in [1.165, 1.54) is 16.7 Å². The maximum atomic E-state index is 12.3. The van der Waals surface area contributed by atoms with Crippen molar-refractivity contribution in [3.8, 4) is 0 Å². The molecule has 1 fully saturated rings. The van der Waals surface area contributed by atoms with Crippen molar-refractivity contribution in [1.82, 2.24) is 0 Å². The van der Waals surface area contributed by atoms with E-state index in [9.17, 15) is 9.59 Å². The van der Waals surface area contributed by atoms with Gasteiger partial charge in [-0.3, -0.25) is 9.59 Å². The van der Waals surface area contributed by atoms with E-state index in [1.807, 2.05) is 17.0 Å². The summed E-state index contributed by atoms with van der Waals surface area (Å²) in [6.45, 7) is 4.93. The van der Waals surface area contributed by atoms with Crippen molar-refractivity contribution < 1.29 is 9.59 Å². The van der Waals surface area contributed by atoms with Gasteiger partial charge in [-0.25, -0.2) is 0 Å². The average molecular weight is 334 g/mol. The summed E-state index contributed by atoms with van der Waals surface area (Å²) in [4.78, 5) is 26.1. The molecule has 0 unspecified atom stereocenters. The van der Waals surface area contributed by atoms with Crippen LogP contribution in [0.4, 0.5) is 11.4 Å². The minimum absolute atomic E-state index is 0.0308. The van der Waals surface area contributed by atoms with E-state index in [2.05, 4.69) is 43.4 Å². The molecule has 1 atom stereocenters. The van der Waals surface area contributed by atoms with E-state index in [0.717, 1.165) is 29.9 Å². The molecule has 2 aromatic rings. The Morgan fingerprint density at radius 2 is 1.88 bits per heavy atom. The molecule has 2 heterocycles. The van der Waals surface area contributed by atoms with Crippen LogP contribution in [0.25, 0.3) is 0 Å². The quantitative estimate of drug-likeness (QED) is 0.905. The van der Waals surface area contributed by atoms with Crippen LogP contribution in [-0.2, 0) is 9.59 Å². The lowest BCUT2D eigenvalue weighted by molar-refractivity contribution is -0.117. The molecule has 0 saturated carbocycles. The second-order valence-corrected chi connectivity index (χ2v) is 7.09. The molecule has 2 amide bonds. The van der Waals surface area contributed by atoms with E-state index < -0.39 is 0 Å². The fourth-order valence-corrected chi connectivity index (χ4v) is 3.95. The second kappa shape index (κ2) is 6.03. The van der Waals surface area contributed by atoms with Gasteiger partial charge in [0.15, 0.2) is 0 Å². The number of hydrogen-bond donors (Lipinski definition) is 1. The van der Waals surface area contributed by atoms with Gasteiger partial charge in [-0.1, -0.05) is 29.8 Å². The monoisotopic (exact) mass is 334 g/mol. The zero-order valence-electron chi connectivity index (χ0n) is 14.6. The third-order valence-corrected chi connectivity index (χ3v) is 5.27. The SMILES string of the molecule is Cc1ccc(C)c([C@H]2CC(=O)Nc3cc(N4CCCC4=O)ccc32)c1. The number of hydrogen-bond acceptors (Lipinski definition) is 2. The molecule has 4 heteroatoms. The molecule has 0 radical (unpaired) electrons. The summed E-state index contributed by atoms with van der Waals surface area (Å²) in [5.41, 5.74) is 6.45. The summed E-state index contributed by atoms with van der Waals surface area (Å²) in [5, 5.41) is 3.00. The van der Waals surface area contributed by atoms with Gasteiger partial charge in [-0.2, -0.15) is 0 Å². The van der Waals surface area contributed by atoms with Crippen molar-refractivity contribution in [2.75, 3.05) is 16.8 Å². The maximum absolute atomic E-state index is 12.3. The summed E-state index contributed by atoms with van der Waals surface area (Å²) in [5.74, 6) is 0.253. The third-order valence-electron chi connectivity index (χ3n) is 5.27. The topological polar surface area (TPSA) is 49.4 Å². The van der Waals surface area contributed by atoms with Crippen LogP contribution in [0.1, 0.15) is 47.4 Å². The van der Waals surface area contributed by atoms with Gasteiger partial charge in [0.2, 0.25) is 11.8 Å². The Kier molecular flexibility index (Phi) is 3.83. The first-order valence-corrected chi connectivity index (χ1v) is 8.84. The Labute approximate surface area is 147 Å². The lowest BCUT2D eigenvalue weighted by atomic mass is 9.82. The minimum Gasteiger partial charge on any atom is -0.326 e. The number of nitrogens with zero attached hydrogens (tertiary/aromatic N) is 1. The van der Waals surface area contributed by atoms with E-state index in [0.29, 0.717) is 12.8 Å². The molecule has 2 aliphatic rings. The number of nitrogens with one attached hydrogen (secondary N) is 1. The summed E-state index contributed by atoms with van der Waals surface area (Å²) < 4.78 is 0. The number of fused-ring (bicyclic) bond motifs is 1. The predicted molar refractivity (Wildman–Crippen MR) is 99.0 cm³/mol. The number of amides is 2. The fraction of sp³-hybridized carbons (Fsp3) is 0.333. The van der Waals surface area contributed by atoms with E-state index in [1.54, 1.807) is 0 Å². The average Bonchev–Trinajstić information content (AvgIpc) is 3.02. The molecular formula is C21H22N2O2. The van der Waals surface area contributed by atoms with Crippen molar-refractivity contribution in [3.63, 3.8) is 0 Å². The van der Waals surface area contributed by atoms with Crippen LogP contribution in [0.2, 0.25) is 0 Å². The summed E-state index contributed by atoms with van der Waals surface area (Å²) in [6, 6.07) is 12.4. The third kappa shape index (κ3) is 2.82. The molecule has 2 aromatic carbocycles. The van der Waals surface area contributed by atoms with E-state index >= 15 is 0 Å². The van der Waals surface area contributed by atoms with Crippen LogP contribution in [0.3, 0.4) is 0 Å². The highest BCUT2D eigenvalue weighted by Crippen LogP contribution is 2.40. The molecule has 0 bridgehead atoms. The highest BCUT2D eigenvalue weighted by Gasteiger charge is 2.29. The van der Waals surface area contributed by atoms with Crippen LogP contribution in [0.15, 0.2) is 36.4 Å². The number of carbonyl (C=O) groups is 2. The summed E-state index contributed by atoms with van der Waals surface area (Å²) >= 11 is 0. The van der Waals surface area contributed by atoms with Crippen LogP contribution in [0, 0.1) is 13.8 Å². The van der Waals surface area contributed by atoms with Gasteiger partial charge in [0.1, 0.15) is 0 Å². The largest absolute Gasteiger partial charge is 0.326 e. The molecule has 25 heavy (non-hydrogen) atoms. The number of anilines is 2. The molecular weight excluding hydrogens is 312 g/mol. The molecule has 0 spiro atoms. The van der Waals surface area contributed by atoms with Crippen molar-refractivity contribution in [2.24, 2.45) is 0 Å². The van der Waals surface area contributed by atoms with Gasteiger partial charge < -0.3 is 10.2 Å². The van der Waals surface area contributed by atoms with Gasteiger partial charge in [-0.15, -0.1) is 0 Å². The predicted octanol–water partition coefficient (Wildman–Crippen LogP) is 3.90. The van der Waals surface area contributed by atoms with Crippen molar-refractivity contribution >= 4 is 23.2 Å². The summed E-state index contributed by atoms with van der Waals surface area (Å²) in [6.07, 6.45) is 1.96. The van der Waals surface area contributed by atoms with Gasteiger partial charge in [0, 0.05) is 36.7 Å². The lowest BCUT2D eigenvalue weighted by Crippen LogP contribution is -2.26. The van der Waals surface area contributed by atoms with Crippen molar-refractivity contribution in [3.05, 3.63) is 58.7 Å². The zero-order chi connectivity index (χ0) is 17.6. The number of rotatable bonds is 2. The molecule has 4 nitrogen and oxygen atoms in total. The molecule has 0 aromatic heterocycles. The first-order chi connectivity index (χ1) is 12.0. The Bertz CT molecular complexity index is 872. The molecule has 0 aliphatic carbocycles. The first-order valence-electron chi connectivity index (χ1n) is 8.84. The normalized spacial score (nSPS) is 19.8. The van der Waals surface area contributed by atoms with Crippen molar-refractivity contribution in [2.45, 2.75) is 39.0 Å². The van der Waals surface area contributed by atoms with Crippen LogP contribution in [-0.4, -0.2) is 18.4 Å². The number of benzene rings is 2. The van der Waals surface area contributed by atoms with Gasteiger partial charge in [0.05, 0.1) is 0 Å². The second-order valence-electron chi connectivity index (χ2n) is 7.09. The summed E-state index contributed by atoms with van der Waals surface area (Å²) in [7, 11) is 0. The van der Waals surface area contributed by atoms with Crippen LogP contribution >= 0.6 is 0 Å². The van der Waals surface area contributed by atoms with E-state index in [4.69, 9.17) is 0 Å². The van der Waals surface area contributed by atoms with Crippen molar-refractivity contribution in [1.29, 1.82) is 0 Å². The van der Waals surface area contributed by atoms with Gasteiger partial charge >= 0.3 is 0 Å². The standard InChI is InChI=1S/C21H22N2O2/c1-13-5-6-14(2)17(10-13)18-12-20(24)22-19-11-15(7-8-16(18)19)23-9-3-4-21(23)25/h5-8,10-11,18H,3-4,9,12H2,1-2H3,(H,22,24)/t18-/m0/s1. The van der Waals surface area contributed by atoms with Gasteiger partial charge in [-0.05, 0) is 49.1 Å². The number of carbonyl (C=O) groups excluding carboxylic acids is 2. The maximum Gasteiger partial charge on any atom is 0.227 e. The Hall–Kier alpha value is -2.62. The molecule has 1 N–H and O–H groups in total. The minimum atomic E-state index is 0.0308. The Balaban J connectivity index is 1.77. The molecule has 128 valence electrons. The first kappa shape index (κ1) is 15.9. The molecule has 4 rings (SSSR count). The smallest absolute Gasteiger partial charge is 0.227 e. The lowest BCUT2D eigenvalue weighted by Gasteiger charge is -2.29. The van der Waals surface area contributed by atoms with Crippen LogP contribution < -0.4 is 10.2 Å². The number of aryl methyl sites for hydroxylation is 2. The van der Waals surface area contributed by atoms with Crippen LogP contribution in [0.5, 0.6) is 0 Å². The highest BCUT2D eigenvalue weighted by atomic mass is 16.2. The molecule has 1 saturated heterocycles. The fourth-order valence-electron chi connectivity index (χ4n) is 3.95. The van der Waals surface area contributed by atoms with Gasteiger partial charge in [0.25, 0.3) is 0 Å². The Morgan fingerprint density at radius 3 is 2.64 bits per heavy atom. The van der Waals surface area contributed by atoms with E-state index in [-0.39, 0.29) is 17.7 Å². The molecule has 2 aliphatic heterocycles. The zero-order valence-corrected chi connectivity index (χ0v) is 14.6.